The molecular formula is C20H19N3O7S2. The zero-order valence-electron chi connectivity index (χ0n) is 17.0. The van der Waals surface area contributed by atoms with E-state index in [4.69, 9.17) is 0 Å². The smallest absolute Gasteiger partial charge is 0.324 e. The van der Waals surface area contributed by atoms with Crippen LogP contribution in [0.3, 0.4) is 0 Å². The summed E-state index contributed by atoms with van der Waals surface area (Å²) in [6.07, 6.45) is 4.03. The van der Waals surface area contributed by atoms with E-state index in [1.54, 1.807) is 22.9 Å². The van der Waals surface area contributed by atoms with E-state index in [-0.39, 0.29) is 28.2 Å². The average molecular weight is 478 g/mol. The van der Waals surface area contributed by atoms with Crippen LogP contribution in [0.4, 0.5) is 10.0 Å². The van der Waals surface area contributed by atoms with Gasteiger partial charge in [-0.1, -0.05) is 22.7 Å². The molecule has 32 heavy (non-hydrogen) atoms. The number of hydrogen-bond acceptors (Lipinski definition) is 10. The standard InChI is InChI=1S/C20H19N3O7S2/c1-30-19(24)3-2-4-21-9-15(5-13-7-17(22(26)27)31-11-13)20(25)16(10-21)6-14-8-18(23(28)29)32-12-14/h5-8,11-12H,2-4,9-10H2,1H3. The van der Waals surface area contributed by atoms with E-state index in [0.29, 0.717) is 48.3 Å². The zero-order valence-corrected chi connectivity index (χ0v) is 18.6. The Hall–Kier alpha value is -3.22. The second kappa shape index (κ2) is 10.4. The lowest BCUT2D eigenvalue weighted by molar-refractivity contribution is -0.380. The summed E-state index contributed by atoms with van der Waals surface area (Å²) in [7, 11) is 1.32. The number of methoxy groups -OCH3 is 1. The van der Waals surface area contributed by atoms with Crippen molar-refractivity contribution in [1.29, 1.82) is 0 Å². The van der Waals surface area contributed by atoms with Crippen LogP contribution in [-0.2, 0) is 14.3 Å². The van der Waals surface area contributed by atoms with Crippen LogP contribution in [0.15, 0.2) is 34.0 Å². The Kier molecular flexibility index (Phi) is 7.62. The molecule has 12 heteroatoms. The van der Waals surface area contributed by atoms with E-state index in [2.05, 4.69) is 4.74 Å². The van der Waals surface area contributed by atoms with Gasteiger partial charge < -0.3 is 4.74 Å². The quantitative estimate of drug-likeness (QED) is 0.242. The van der Waals surface area contributed by atoms with Crippen molar-refractivity contribution in [2.45, 2.75) is 12.8 Å². The average Bonchev–Trinajstić information content (AvgIpc) is 3.41. The van der Waals surface area contributed by atoms with Gasteiger partial charge in [-0.3, -0.25) is 34.7 Å². The number of esters is 1. The highest BCUT2D eigenvalue weighted by Crippen LogP contribution is 2.29. The molecule has 0 atom stereocenters. The first-order valence-corrected chi connectivity index (χ1v) is 11.2. The van der Waals surface area contributed by atoms with Crippen LogP contribution >= 0.6 is 22.7 Å². The number of nitro groups is 2. The molecule has 1 aliphatic heterocycles. The van der Waals surface area contributed by atoms with Gasteiger partial charge in [0, 0.05) is 53.5 Å². The van der Waals surface area contributed by atoms with Crippen molar-refractivity contribution in [3.05, 3.63) is 65.4 Å². The minimum absolute atomic E-state index is 0.0172. The highest BCUT2D eigenvalue weighted by Gasteiger charge is 2.27. The van der Waals surface area contributed by atoms with Gasteiger partial charge in [-0.25, -0.2) is 0 Å². The summed E-state index contributed by atoms with van der Waals surface area (Å²) < 4.78 is 4.66. The number of rotatable bonds is 8. The van der Waals surface area contributed by atoms with Gasteiger partial charge in [0.15, 0.2) is 5.78 Å². The largest absolute Gasteiger partial charge is 0.469 e. The molecule has 0 amide bonds. The van der Waals surface area contributed by atoms with Gasteiger partial charge in [-0.2, -0.15) is 0 Å². The van der Waals surface area contributed by atoms with Crippen molar-refractivity contribution in [2.75, 3.05) is 26.7 Å². The summed E-state index contributed by atoms with van der Waals surface area (Å²) in [5.74, 6) is -0.530. The summed E-state index contributed by atoms with van der Waals surface area (Å²) in [5, 5.41) is 25.1. The number of ketones is 1. The molecule has 2 aromatic rings. The molecule has 3 heterocycles. The van der Waals surface area contributed by atoms with Crippen LogP contribution in [0.25, 0.3) is 12.2 Å². The molecule has 0 aromatic carbocycles. The monoisotopic (exact) mass is 477 g/mol. The van der Waals surface area contributed by atoms with Gasteiger partial charge in [0.1, 0.15) is 0 Å². The molecule has 0 radical (unpaired) electrons. The van der Waals surface area contributed by atoms with Gasteiger partial charge in [-0.15, -0.1) is 0 Å². The highest BCUT2D eigenvalue weighted by molar-refractivity contribution is 7.13. The molecule has 0 unspecified atom stereocenters. The minimum Gasteiger partial charge on any atom is -0.469 e. The molecule has 3 rings (SSSR count). The van der Waals surface area contributed by atoms with E-state index in [1.165, 1.54) is 19.2 Å². The van der Waals surface area contributed by atoms with Gasteiger partial charge >= 0.3 is 16.0 Å². The molecule has 1 aliphatic rings. The SMILES string of the molecule is COC(=O)CCCN1CC(=Cc2csc([N+](=O)[O-])c2)C(=O)C(=Cc2csc([N+](=O)[O-])c2)C1. The second-order valence-corrected chi connectivity index (χ2v) is 8.79. The fourth-order valence-corrected chi connectivity index (χ4v) is 4.61. The molecule has 10 nitrogen and oxygen atoms in total. The van der Waals surface area contributed by atoms with E-state index in [1.807, 2.05) is 4.90 Å². The van der Waals surface area contributed by atoms with Crippen LogP contribution in [-0.4, -0.2) is 53.2 Å². The molecule has 0 spiro atoms. The second-order valence-electron chi connectivity index (χ2n) is 7.01. The first kappa shape index (κ1) is 23.4. The Morgan fingerprint density at radius 2 is 1.56 bits per heavy atom. The summed E-state index contributed by atoms with van der Waals surface area (Å²) in [5.41, 5.74) is 2.04. The topological polar surface area (TPSA) is 133 Å². The van der Waals surface area contributed by atoms with Crippen molar-refractivity contribution in [3.8, 4) is 0 Å². The molecular weight excluding hydrogens is 458 g/mol. The number of thiophene rings is 2. The Morgan fingerprint density at radius 3 is 1.97 bits per heavy atom. The Bertz CT molecular complexity index is 1040. The molecule has 1 fully saturated rings. The number of carbonyl (C=O) groups is 2. The fraction of sp³-hybridized carbons (Fsp3) is 0.300. The Morgan fingerprint density at radius 1 is 1.06 bits per heavy atom. The third-order valence-corrected chi connectivity index (χ3v) is 6.50. The third-order valence-electron chi connectivity index (χ3n) is 4.71. The predicted molar refractivity (Wildman–Crippen MR) is 121 cm³/mol. The van der Waals surface area contributed by atoms with Gasteiger partial charge in [0.05, 0.1) is 17.0 Å². The van der Waals surface area contributed by atoms with E-state index < -0.39 is 9.85 Å². The van der Waals surface area contributed by atoms with E-state index in [0.717, 1.165) is 22.7 Å². The zero-order chi connectivity index (χ0) is 23.3. The highest BCUT2D eigenvalue weighted by atomic mass is 32.1. The van der Waals surface area contributed by atoms with Gasteiger partial charge in [-0.05, 0) is 36.2 Å². The molecule has 0 N–H and O–H groups in total. The van der Waals surface area contributed by atoms with Gasteiger partial charge in [0.25, 0.3) is 0 Å². The molecule has 0 saturated carbocycles. The van der Waals surface area contributed by atoms with E-state index in [9.17, 15) is 29.8 Å². The molecule has 168 valence electrons. The first-order chi connectivity index (χ1) is 15.3. The van der Waals surface area contributed by atoms with Gasteiger partial charge in [0.2, 0.25) is 0 Å². The van der Waals surface area contributed by atoms with Crippen molar-refractivity contribution < 1.29 is 24.2 Å². The van der Waals surface area contributed by atoms with Crippen LogP contribution < -0.4 is 0 Å². The Labute approximate surface area is 190 Å². The normalized spacial score (nSPS) is 17.1. The Balaban J connectivity index is 1.87. The summed E-state index contributed by atoms with van der Waals surface area (Å²) in [6.45, 7) is 1.18. The number of likely N-dealkylation sites (tertiary alicyclic amines) is 1. The number of piperidine rings is 1. The summed E-state index contributed by atoms with van der Waals surface area (Å²) in [6, 6.07) is 2.82. The van der Waals surface area contributed by atoms with Crippen LogP contribution in [0.1, 0.15) is 24.0 Å². The summed E-state index contributed by atoms with van der Waals surface area (Å²) in [4.78, 5) is 47.4. The maximum Gasteiger partial charge on any atom is 0.324 e. The molecule has 1 saturated heterocycles. The van der Waals surface area contributed by atoms with Crippen LogP contribution in [0.2, 0.25) is 0 Å². The predicted octanol–water partition coefficient (Wildman–Crippen LogP) is 3.93. The maximum atomic E-state index is 13.1. The molecule has 2 aromatic heterocycles. The van der Waals surface area contributed by atoms with Crippen molar-refractivity contribution in [3.63, 3.8) is 0 Å². The molecule has 0 aliphatic carbocycles. The number of nitrogens with zero attached hydrogens (tertiary/aromatic N) is 3. The lowest BCUT2D eigenvalue weighted by Crippen LogP contribution is -2.38. The minimum atomic E-state index is -0.483. The van der Waals surface area contributed by atoms with E-state index >= 15 is 0 Å². The van der Waals surface area contributed by atoms with Crippen molar-refractivity contribution >= 4 is 56.6 Å². The number of ether oxygens (including phenoxy) is 1. The molecule has 0 bridgehead atoms. The van der Waals surface area contributed by atoms with Crippen LogP contribution in [0.5, 0.6) is 0 Å². The number of hydrogen-bond donors (Lipinski definition) is 0. The number of Topliss-reactive ketones (excluding diaryl/α,β-unsaturated/α-hetero) is 1. The van der Waals surface area contributed by atoms with Crippen LogP contribution in [0, 0.1) is 20.2 Å². The van der Waals surface area contributed by atoms with Crippen molar-refractivity contribution in [2.24, 2.45) is 0 Å². The first-order valence-electron chi connectivity index (χ1n) is 9.47. The van der Waals surface area contributed by atoms with Crippen molar-refractivity contribution in [1.82, 2.24) is 4.90 Å². The maximum absolute atomic E-state index is 13.1. The number of carbonyl (C=O) groups excluding carboxylic acids is 2. The third kappa shape index (κ3) is 5.93. The lowest BCUT2D eigenvalue weighted by Gasteiger charge is -2.29. The fourth-order valence-electron chi connectivity index (χ4n) is 3.24. The summed E-state index contributed by atoms with van der Waals surface area (Å²) >= 11 is 1.96. The lowest BCUT2D eigenvalue weighted by atomic mass is 9.95.